The lowest BCUT2D eigenvalue weighted by Gasteiger charge is -2.35. The maximum atomic E-state index is 12.6. The summed E-state index contributed by atoms with van der Waals surface area (Å²) in [6.45, 7) is 1.10. The summed E-state index contributed by atoms with van der Waals surface area (Å²) >= 11 is 2.70. The smallest absolute Gasteiger partial charge is 0.341 e. The van der Waals surface area contributed by atoms with Crippen LogP contribution in [0.15, 0.2) is 30.3 Å². The van der Waals surface area contributed by atoms with Crippen molar-refractivity contribution >= 4 is 12.6 Å². The predicted molar refractivity (Wildman–Crippen MR) is 59.8 cm³/mol. The summed E-state index contributed by atoms with van der Waals surface area (Å²) in [5, 5.41) is 0. The van der Waals surface area contributed by atoms with Crippen LogP contribution in [0, 0.1) is 0 Å². The van der Waals surface area contributed by atoms with Crippen LogP contribution in [0.2, 0.25) is 0 Å². The first-order chi connectivity index (χ1) is 8.49. The van der Waals surface area contributed by atoms with E-state index in [-0.39, 0.29) is 5.56 Å². The molecule has 8 heteroatoms. The minimum absolute atomic E-state index is 0.189. The van der Waals surface area contributed by atoms with Crippen molar-refractivity contribution in [1.29, 1.82) is 0 Å². The Kier molecular flexibility index (Phi) is 4.46. The van der Waals surface area contributed by atoms with Crippen LogP contribution in [0.25, 0.3) is 0 Å². The summed E-state index contributed by atoms with van der Waals surface area (Å²) in [4.78, 5) is -4.50. The van der Waals surface area contributed by atoms with Crippen LogP contribution in [-0.4, -0.2) is 17.3 Å². The van der Waals surface area contributed by atoms with E-state index in [1.165, 1.54) is 24.3 Å². The minimum atomic E-state index is -5.68. The van der Waals surface area contributed by atoms with E-state index >= 15 is 0 Å². The number of rotatable bonds is 3. The second-order valence-electron chi connectivity index (χ2n) is 3.81. The molecular formula is C11H10F6OS. The zero-order valence-corrected chi connectivity index (χ0v) is 10.5. The Labute approximate surface area is 111 Å². The van der Waals surface area contributed by atoms with Crippen molar-refractivity contribution in [3.8, 4) is 0 Å². The number of hydrogen-bond acceptors (Lipinski definition) is 2. The Balaban J connectivity index is 3.04. The molecule has 0 amide bonds. The van der Waals surface area contributed by atoms with Crippen LogP contribution in [0.5, 0.6) is 0 Å². The SMILES string of the molecule is CC(OC(S)(C(F)(F)F)C(F)(F)F)c1ccccc1. The zero-order chi connectivity index (χ0) is 14.9. The number of thiol groups is 1. The summed E-state index contributed by atoms with van der Waals surface area (Å²) in [6, 6.07) is 7.28. The molecule has 0 aliphatic heterocycles. The number of hydrogen-bond donors (Lipinski definition) is 1. The molecule has 1 aromatic carbocycles. The molecular weight excluding hydrogens is 294 g/mol. The Hall–Kier alpha value is -0.890. The van der Waals surface area contributed by atoms with E-state index in [0.717, 1.165) is 6.92 Å². The highest BCUT2D eigenvalue weighted by atomic mass is 32.1. The molecule has 0 aromatic heterocycles. The van der Waals surface area contributed by atoms with Gasteiger partial charge in [-0.15, -0.1) is 12.6 Å². The highest BCUT2D eigenvalue weighted by molar-refractivity contribution is 7.81. The lowest BCUT2D eigenvalue weighted by molar-refractivity contribution is -0.348. The second kappa shape index (κ2) is 5.24. The van der Waals surface area contributed by atoms with Gasteiger partial charge in [-0.05, 0) is 12.5 Å². The van der Waals surface area contributed by atoms with Crippen LogP contribution >= 0.6 is 12.6 Å². The van der Waals surface area contributed by atoms with Gasteiger partial charge in [0.1, 0.15) is 0 Å². The topological polar surface area (TPSA) is 9.23 Å². The third-order valence-electron chi connectivity index (χ3n) is 2.38. The molecule has 0 saturated heterocycles. The van der Waals surface area contributed by atoms with Gasteiger partial charge in [-0.25, -0.2) is 0 Å². The van der Waals surface area contributed by atoms with Crippen molar-refractivity contribution < 1.29 is 31.1 Å². The highest BCUT2D eigenvalue weighted by Gasteiger charge is 2.71. The van der Waals surface area contributed by atoms with Gasteiger partial charge in [-0.3, -0.25) is 0 Å². The lowest BCUT2D eigenvalue weighted by atomic mass is 10.1. The van der Waals surface area contributed by atoms with E-state index in [0.29, 0.717) is 0 Å². The number of benzene rings is 1. The summed E-state index contributed by atoms with van der Waals surface area (Å²) < 4.78 is 79.5. The molecule has 0 heterocycles. The third-order valence-corrected chi connectivity index (χ3v) is 3.00. The molecule has 108 valence electrons. The number of alkyl halides is 6. The van der Waals surface area contributed by atoms with Crippen LogP contribution in [-0.2, 0) is 4.74 Å². The van der Waals surface area contributed by atoms with Crippen molar-refractivity contribution in [3.05, 3.63) is 35.9 Å². The van der Waals surface area contributed by atoms with Crippen LogP contribution in [0.4, 0.5) is 26.3 Å². The fourth-order valence-electron chi connectivity index (χ4n) is 1.34. The van der Waals surface area contributed by atoms with E-state index in [1.54, 1.807) is 6.07 Å². The summed E-state index contributed by atoms with van der Waals surface area (Å²) in [7, 11) is 0. The molecule has 0 saturated carbocycles. The van der Waals surface area contributed by atoms with Crippen LogP contribution < -0.4 is 0 Å². The molecule has 1 atom stereocenters. The largest absolute Gasteiger partial charge is 0.436 e. The fraction of sp³-hybridized carbons (Fsp3) is 0.455. The van der Waals surface area contributed by atoms with Crippen LogP contribution in [0.3, 0.4) is 0 Å². The van der Waals surface area contributed by atoms with E-state index in [4.69, 9.17) is 0 Å². The van der Waals surface area contributed by atoms with E-state index in [2.05, 4.69) is 17.4 Å². The lowest BCUT2D eigenvalue weighted by Crippen LogP contribution is -2.54. The first-order valence-electron chi connectivity index (χ1n) is 5.07. The Morgan fingerprint density at radius 3 is 1.74 bits per heavy atom. The first-order valence-corrected chi connectivity index (χ1v) is 5.52. The maximum absolute atomic E-state index is 12.6. The molecule has 0 spiro atoms. The highest BCUT2D eigenvalue weighted by Crippen LogP contribution is 2.50. The maximum Gasteiger partial charge on any atom is 0.436 e. The molecule has 0 radical (unpaired) electrons. The third kappa shape index (κ3) is 3.36. The normalized spacial score (nSPS) is 15.4. The van der Waals surface area contributed by atoms with Crippen molar-refractivity contribution in [2.75, 3.05) is 0 Å². The molecule has 0 fully saturated rings. The molecule has 1 rings (SSSR count). The Bertz CT molecular complexity index is 399. The first kappa shape index (κ1) is 16.2. The van der Waals surface area contributed by atoms with Gasteiger partial charge < -0.3 is 4.74 Å². The van der Waals surface area contributed by atoms with E-state index in [9.17, 15) is 26.3 Å². The molecule has 0 aliphatic rings. The van der Waals surface area contributed by atoms with Crippen molar-refractivity contribution in [2.24, 2.45) is 0 Å². The van der Waals surface area contributed by atoms with E-state index < -0.39 is 23.4 Å². The van der Waals surface area contributed by atoms with Gasteiger partial charge in [0.05, 0.1) is 6.10 Å². The molecule has 19 heavy (non-hydrogen) atoms. The average Bonchev–Trinajstić information content (AvgIpc) is 2.27. The van der Waals surface area contributed by atoms with E-state index in [1.807, 2.05) is 0 Å². The molecule has 0 N–H and O–H groups in total. The summed E-state index contributed by atoms with van der Waals surface area (Å²) in [5.41, 5.74) is 0.189. The summed E-state index contributed by atoms with van der Waals surface area (Å²) in [6.07, 6.45) is -12.8. The van der Waals surface area contributed by atoms with Gasteiger partial charge >= 0.3 is 17.3 Å². The molecule has 1 nitrogen and oxygen atoms in total. The minimum Gasteiger partial charge on any atom is -0.341 e. The average molecular weight is 304 g/mol. The zero-order valence-electron chi connectivity index (χ0n) is 9.59. The van der Waals surface area contributed by atoms with Gasteiger partial charge in [-0.1, -0.05) is 30.3 Å². The van der Waals surface area contributed by atoms with Gasteiger partial charge in [0.25, 0.3) is 0 Å². The molecule has 1 unspecified atom stereocenters. The number of ether oxygens (including phenoxy) is 1. The number of halogens is 6. The fourth-order valence-corrected chi connectivity index (χ4v) is 1.50. The van der Waals surface area contributed by atoms with Crippen LogP contribution in [0.1, 0.15) is 18.6 Å². The van der Waals surface area contributed by atoms with Gasteiger partial charge in [0, 0.05) is 0 Å². The van der Waals surface area contributed by atoms with Gasteiger partial charge in [-0.2, -0.15) is 26.3 Å². The standard InChI is InChI=1S/C11H10F6OS/c1-7(8-5-3-2-4-6-8)18-9(19,10(12,13)14)11(15,16)17/h2-7,19H,1H3. The second-order valence-corrected chi connectivity index (χ2v) is 4.44. The monoisotopic (exact) mass is 304 g/mol. The van der Waals surface area contributed by atoms with Crippen molar-refractivity contribution in [3.63, 3.8) is 0 Å². The quantitative estimate of drug-likeness (QED) is 0.491. The van der Waals surface area contributed by atoms with Gasteiger partial charge in [0.2, 0.25) is 0 Å². The van der Waals surface area contributed by atoms with Gasteiger partial charge in [0.15, 0.2) is 0 Å². The molecule has 1 aromatic rings. The molecule has 0 aliphatic carbocycles. The Morgan fingerprint density at radius 2 is 1.37 bits per heavy atom. The van der Waals surface area contributed by atoms with Crippen molar-refractivity contribution in [2.45, 2.75) is 30.3 Å². The summed E-state index contributed by atoms with van der Waals surface area (Å²) in [5.74, 6) is 0. The predicted octanol–water partition coefficient (Wildman–Crippen LogP) is 4.51. The Morgan fingerprint density at radius 1 is 0.947 bits per heavy atom. The van der Waals surface area contributed by atoms with Crippen molar-refractivity contribution in [1.82, 2.24) is 0 Å². The molecule has 0 bridgehead atoms.